The summed E-state index contributed by atoms with van der Waals surface area (Å²) in [5, 5.41) is 3.51. The van der Waals surface area contributed by atoms with Crippen LogP contribution < -0.4 is 5.32 Å². The first-order chi connectivity index (χ1) is 7.13. The van der Waals surface area contributed by atoms with Crippen LogP contribution in [-0.2, 0) is 4.79 Å². The smallest absolute Gasteiger partial charge is 0.221 e. The van der Waals surface area contributed by atoms with Gasteiger partial charge < -0.3 is 5.32 Å². The van der Waals surface area contributed by atoms with Gasteiger partial charge in [0.05, 0.1) is 6.04 Å². The Kier molecular flexibility index (Phi) is 4.92. The molecule has 1 aromatic rings. The fourth-order valence-electron chi connectivity index (χ4n) is 1.26. The molecule has 1 rings (SSSR count). The van der Waals surface area contributed by atoms with Crippen molar-refractivity contribution in [2.24, 2.45) is 0 Å². The first kappa shape index (κ1) is 12.3. The predicted octanol–water partition coefficient (Wildman–Crippen LogP) is 3.15. The van der Waals surface area contributed by atoms with Gasteiger partial charge in [0.25, 0.3) is 0 Å². The van der Waals surface area contributed by atoms with E-state index < -0.39 is 0 Å². The third-order valence-electron chi connectivity index (χ3n) is 2.05. The molecular weight excluding hydrogens is 233 g/mol. The van der Waals surface area contributed by atoms with E-state index >= 15 is 0 Å². The maximum absolute atomic E-state index is 11.3. The number of hydrogen-bond donors (Lipinski definition) is 1. The van der Waals surface area contributed by atoms with Gasteiger partial charge >= 0.3 is 0 Å². The van der Waals surface area contributed by atoms with Gasteiger partial charge in [-0.25, -0.2) is 0 Å². The molecule has 0 aliphatic heterocycles. The van der Waals surface area contributed by atoms with Gasteiger partial charge in [-0.15, -0.1) is 11.6 Å². The highest BCUT2D eigenvalue weighted by atomic mass is 35.5. The number of rotatable bonds is 4. The fourth-order valence-corrected chi connectivity index (χ4v) is 1.63. The van der Waals surface area contributed by atoms with Crippen LogP contribution >= 0.6 is 23.2 Å². The summed E-state index contributed by atoms with van der Waals surface area (Å²) in [6.07, 6.45) is 0.340. The van der Waals surface area contributed by atoms with Gasteiger partial charge in [0, 0.05) is 17.3 Å². The normalized spacial score (nSPS) is 12.2. The molecule has 15 heavy (non-hydrogen) atoms. The number of nitrogens with one attached hydrogen (secondary N) is 1. The largest absolute Gasteiger partial charge is 0.350 e. The highest BCUT2D eigenvalue weighted by Crippen LogP contribution is 2.17. The van der Waals surface area contributed by atoms with Crippen molar-refractivity contribution in [3.8, 4) is 0 Å². The molecule has 82 valence electrons. The molecular formula is C11H13Cl2NO. The van der Waals surface area contributed by atoms with Gasteiger partial charge in [0.15, 0.2) is 0 Å². The fraction of sp³-hybridized carbons (Fsp3) is 0.364. The Balaban J connectivity index is 2.60. The summed E-state index contributed by atoms with van der Waals surface area (Å²) in [6, 6.07) is 7.39. The lowest BCUT2D eigenvalue weighted by Crippen LogP contribution is -2.26. The summed E-state index contributed by atoms with van der Waals surface area (Å²) in [7, 11) is 0. The Hall–Kier alpha value is -0.730. The zero-order valence-electron chi connectivity index (χ0n) is 8.47. The van der Waals surface area contributed by atoms with E-state index in [4.69, 9.17) is 23.2 Å². The number of carbonyl (C=O) groups excluding carboxylic acids is 1. The summed E-state index contributed by atoms with van der Waals surface area (Å²) in [5.41, 5.74) is 0.991. The van der Waals surface area contributed by atoms with Crippen molar-refractivity contribution in [1.82, 2.24) is 5.32 Å². The van der Waals surface area contributed by atoms with Gasteiger partial charge in [0.1, 0.15) is 0 Å². The molecule has 0 radical (unpaired) electrons. The van der Waals surface area contributed by atoms with E-state index in [-0.39, 0.29) is 11.9 Å². The molecule has 0 aromatic heterocycles. The SMILES string of the molecule is C[C@H](NC(=O)CCCl)c1cccc(Cl)c1. The van der Waals surface area contributed by atoms with E-state index in [0.717, 1.165) is 5.56 Å². The van der Waals surface area contributed by atoms with Crippen molar-refractivity contribution in [2.45, 2.75) is 19.4 Å². The maximum atomic E-state index is 11.3. The van der Waals surface area contributed by atoms with Crippen molar-refractivity contribution in [3.63, 3.8) is 0 Å². The van der Waals surface area contributed by atoms with Crippen LogP contribution in [0.5, 0.6) is 0 Å². The molecule has 0 unspecified atom stereocenters. The summed E-state index contributed by atoms with van der Waals surface area (Å²) < 4.78 is 0. The van der Waals surface area contributed by atoms with Crippen molar-refractivity contribution in [1.29, 1.82) is 0 Å². The lowest BCUT2D eigenvalue weighted by Gasteiger charge is -2.14. The van der Waals surface area contributed by atoms with Crippen molar-refractivity contribution < 1.29 is 4.79 Å². The van der Waals surface area contributed by atoms with Gasteiger partial charge in [-0.1, -0.05) is 23.7 Å². The van der Waals surface area contributed by atoms with E-state index in [1.807, 2.05) is 25.1 Å². The zero-order chi connectivity index (χ0) is 11.3. The Morgan fingerprint density at radius 3 is 2.87 bits per heavy atom. The van der Waals surface area contributed by atoms with Gasteiger partial charge in [0.2, 0.25) is 5.91 Å². The van der Waals surface area contributed by atoms with Gasteiger partial charge in [-0.2, -0.15) is 0 Å². The molecule has 0 fully saturated rings. The number of benzene rings is 1. The quantitative estimate of drug-likeness (QED) is 0.812. The second-order valence-corrected chi connectivity index (χ2v) is 4.10. The van der Waals surface area contributed by atoms with E-state index in [1.54, 1.807) is 6.07 Å². The van der Waals surface area contributed by atoms with Crippen LogP contribution in [0.1, 0.15) is 24.9 Å². The van der Waals surface area contributed by atoms with Crippen LogP contribution in [0.15, 0.2) is 24.3 Å². The number of amides is 1. The first-order valence-corrected chi connectivity index (χ1v) is 5.65. The lowest BCUT2D eigenvalue weighted by atomic mass is 10.1. The Morgan fingerprint density at radius 2 is 2.27 bits per heavy atom. The topological polar surface area (TPSA) is 29.1 Å². The monoisotopic (exact) mass is 245 g/mol. The van der Waals surface area contributed by atoms with Crippen LogP contribution in [0.4, 0.5) is 0 Å². The third kappa shape index (κ3) is 4.10. The molecule has 0 aliphatic rings. The average molecular weight is 246 g/mol. The maximum Gasteiger partial charge on any atom is 0.221 e. The molecule has 0 spiro atoms. The molecule has 2 nitrogen and oxygen atoms in total. The minimum Gasteiger partial charge on any atom is -0.350 e. The molecule has 0 saturated heterocycles. The molecule has 0 heterocycles. The highest BCUT2D eigenvalue weighted by molar-refractivity contribution is 6.30. The lowest BCUT2D eigenvalue weighted by molar-refractivity contribution is -0.121. The second-order valence-electron chi connectivity index (χ2n) is 3.28. The average Bonchev–Trinajstić information content (AvgIpc) is 2.18. The number of halogens is 2. The molecule has 0 bridgehead atoms. The van der Waals surface area contributed by atoms with Crippen molar-refractivity contribution >= 4 is 29.1 Å². The van der Waals surface area contributed by atoms with Crippen LogP contribution in [0.25, 0.3) is 0 Å². The van der Waals surface area contributed by atoms with Crippen LogP contribution in [-0.4, -0.2) is 11.8 Å². The van der Waals surface area contributed by atoms with Crippen LogP contribution in [0, 0.1) is 0 Å². The predicted molar refractivity (Wildman–Crippen MR) is 63.3 cm³/mol. The van der Waals surface area contributed by atoms with Gasteiger partial charge in [-0.3, -0.25) is 4.79 Å². The highest BCUT2D eigenvalue weighted by Gasteiger charge is 2.08. The third-order valence-corrected chi connectivity index (χ3v) is 2.47. The first-order valence-electron chi connectivity index (χ1n) is 4.74. The van der Waals surface area contributed by atoms with Crippen LogP contribution in [0.2, 0.25) is 5.02 Å². The zero-order valence-corrected chi connectivity index (χ0v) is 9.98. The second kappa shape index (κ2) is 5.99. The number of alkyl halides is 1. The molecule has 0 saturated carbocycles. The molecule has 1 N–H and O–H groups in total. The van der Waals surface area contributed by atoms with E-state index in [9.17, 15) is 4.79 Å². The summed E-state index contributed by atoms with van der Waals surface area (Å²) in [4.78, 5) is 11.3. The minimum atomic E-state index is -0.0440. The Morgan fingerprint density at radius 1 is 1.53 bits per heavy atom. The summed E-state index contributed by atoms with van der Waals surface area (Å²) in [6.45, 7) is 1.91. The summed E-state index contributed by atoms with van der Waals surface area (Å²) >= 11 is 11.3. The number of carbonyl (C=O) groups is 1. The van der Waals surface area contributed by atoms with E-state index in [1.165, 1.54) is 0 Å². The van der Waals surface area contributed by atoms with Crippen LogP contribution in [0.3, 0.4) is 0 Å². The molecule has 0 aliphatic carbocycles. The molecule has 4 heteroatoms. The van der Waals surface area contributed by atoms with E-state index in [0.29, 0.717) is 17.3 Å². The molecule has 1 atom stereocenters. The van der Waals surface area contributed by atoms with Crippen molar-refractivity contribution in [3.05, 3.63) is 34.9 Å². The molecule has 1 aromatic carbocycles. The van der Waals surface area contributed by atoms with Gasteiger partial charge in [-0.05, 0) is 24.6 Å². The Labute approximate surface area is 99.6 Å². The standard InChI is InChI=1S/C11H13Cl2NO/c1-8(14-11(15)5-6-12)9-3-2-4-10(13)7-9/h2-4,7-8H,5-6H2,1H3,(H,14,15)/t8-/m0/s1. The molecule has 1 amide bonds. The van der Waals surface area contributed by atoms with E-state index in [2.05, 4.69) is 5.32 Å². The minimum absolute atomic E-state index is 0.0422. The van der Waals surface area contributed by atoms with Crippen molar-refractivity contribution in [2.75, 3.05) is 5.88 Å². The number of hydrogen-bond acceptors (Lipinski definition) is 1. The Bertz CT molecular complexity index is 341. The summed E-state index contributed by atoms with van der Waals surface area (Å²) in [5.74, 6) is 0.297.